The second kappa shape index (κ2) is 8.84. The summed E-state index contributed by atoms with van der Waals surface area (Å²) < 4.78 is 10.5. The summed E-state index contributed by atoms with van der Waals surface area (Å²) in [7, 11) is 5.78. The maximum absolute atomic E-state index is 11.9. The minimum atomic E-state index is -0.346. The van der Waals surface area contributed by atoms with E-state index in [4.69, 9.17) is 9.15 Å². The summed E-state index contributed by atoms with van der Waals surface area (Å²) in [6, 6.07) is 18.0. The monoisotopic (exact) mass is 366 g/mol. The second-order valence-electron chi connectivity index (χ2n) is 6.89. The molecule has 0 radical (unpaired) electrons. The van der Waals surface area contributed by atoms with Gasteiger partial charge in [0.1, 0.15) is 11.3 Å². The first-order chi connectivity index (χ1) is 13.1. The van der Waals surface area contributed by atoms with Gasteiger partial charge in [-0.05, 0) is 43.8 Å². The van der Waals surface area contributed by atoms with Crippen LogP contribution in [-0.4, -0.2) is 38.7 Å². The van der Waals surface area contributed by atoms with Crippen LogP contribution >= 0.6 is 0 Å². The fraction of sp³-hybridized carbons (Fsp3) is 0.318. The Morgan fingerprint density at radius 2 is 1.89 bits per heavy atom. The molecular formula is C22H26N2O3. The largest absolute Gasteiger partial charge is 0.497 e. The number of hydrogen-bond donors (Lipinski definition) is 1. The number of methoxy groups -OCH3 is 1. The molecule has 5 heteroatoms. The van der Waals surface area contributed by atoms with Crippen molar-refractivity contribution in [2.45, 2.75) is 19.0 Å². The number of ether oxygens (including phenoxy) is 1. The van der Waals surface area contributed by atoms with Crippen molar-refractivity contribution in [1.82, 2.24) is 10.2 Å². The smallest absolute Gasteiger partial charge is 0.336 e. The van der Waals surface area contributed by atoms with E-state index in [1.54, 1.807) is 19.2 Å². The molecule has 1 heterocycles. The van der Waals surface area contributed by atoms with Gasteiger partial charge in [-0.3, -0.25) is 0 Å². The summed E-state index contributed by atoms with van der Waals surface area (Å²) in [5, 5.41) is 4.42. The molecule has 1 aromatic heterocycles. The van der Waals surface area contributed by atoms with Crippen molar-refractivity contribution in [3.05, 3.63) is 76.1 Å². The van der Waals surface area contributed by atoms with Crippen molar-refractivity contribution in [1.29, 1.82) is 0 Å². The summed E-state index contributed by atoms with van der Waals surface area (Å²) >= 11 is 0. The van der Waals surface area contributed by atoms with Gasteiger partial charge in [0.15, 0.2) is 0 Å². The molecule has 3 aromatic rings. The Bertz CT molecular complexity index is 935. The lowest BCUT2D eigenvalue weighted by Gasteiger charge is -2.25. The zero-order valence-electron chi connectivity index (χ0n) is 16.1. The third kappa shape index (κ3) is 4.96. The van der Waals surface area contributed by atoms with Gasteiger partial charge in [-0.15, -0.1) is 0 Å². The van der Waals surface area contributed by atoms with Crippen LogP contribution in [0.2, 0.25) is 0 Å². The zero-order chi connectivity index (χ0) is 19.2. The second-order valence-corrected chi connectivity index (χ2v) is 6.89. The molecule has 0 fully saturated rings. The molecule has 0 aliphatic rings. The number of benzene rings is 2. The Hall–Kier alpha value is -2.63. The molecule has 0 saturated carbocycles. The average molecular weight is 366 g/mol. The van der Waals surface area contributed by atoms with Gasteiger partial charge < -0.3 is 19.4 Å². The summed E-state index contributed by atoms with van der Waals surface area (Å²) in [5.74, 6) is 0.672. The molecule has 1 N–H and O–H groups in total. The minimum Gasteiger partial charge on any atom is -0.497 e. The van der Waals surface area contributed by atoms with E-state index in [-0.39, 0.29) is 5.63 Å². The number of likely N-dealkylation sites (N-methyl/N-ethyl adjacent to an activating group) is 1. The van der Waals surface area contributed by atoms with Crippen LogP contribution in [0.3, 0.4) is 0 Å². The molecular weight excluding hydrogens is 340 g/mol. The number of nitrogens with zero attached hydrogens (tertiary/aromatic N) is 1. The molecule has 0 spiro atoms. The van der Waals surface area contributed by atoms with Crippen molar-refractivity contribution in [2.75, 3.05) is 27.7 Å². The van der Waals surface area contributed by atoms with E-state index in [1.165, 1.54) is 5.56 Å². The predicted molar refractivity (Wildman–Crippen MR) is 108 cm³/mol. The first kappa shape index (κ1) is 19.1. The Labute approximate surface area is 159 Å². The number of nitrogens with one attached hydrogen (secondary N) is 1. The Balaban J connectivity index is 1.71. The van der Waals surface area contributed by atoms with E-state index in [9.17, 15) is 4.79 Å². The highest BCUT2D eigenvalue weighted by molar-refractivity contribution is 5.81. The van der Waals surface area contributed by atoms with Crippen molar-refractivity contribution in [3.63, 3.8) is 0 Å². The van der Waals surface area contributed by atoms with Gasteiger partial charge in [0, 0.05) is 36.7 Å². The van der Waals surface area contributed by atoms with Crippen LogP contribution < -0.4 is 15.7 Å². The highest BCUT2D eigenvalue weighted by Gasteiger charge is 2.13. The van der Waals surface area contributed by atoms with Crippen LogP contribution in [0.15, 0.2) is 63.8 Å². The molecule has 0 saturated heterocycles. The van der Waals surface area contributed by atoms with Gasteiger partial charge in [0.05, 0.1) is 7.11 Å². The van der Waals surface area contributed by atoms with Gasteiger partial charge in [-0.2, -0.15) is 0 Å². The molecule has 142 valence electrons. The van der Waals surface area contributed by atoms with E-state index in [2.05, 4.69) is 48.6 Å². The number of hydrogen-bond acceptors (Lipinski definition) is 5. The van der Waals surface area contributed by atoms with Crippen LogP contribution in [0, 0.1) is 0 Å². The Morgan fingerprint density at radius 3 is 2.59 bits per heavy atom. The summed E-state index contributed by atoms with van der Waals surface area (Å²) in [6.07, 6.45) is 0.968. The van der Waals surface area contributed by atoms with E-state index in [0.717, 1.165) is 23.9 Å². The van der Waals surface area contributed by atoms with Crippen molar-refractivity contribution < 1.29 is 9.15 Å². The van der Waals surface area contributed by atoms with Crippen LogP contribution in [0.4, 0.5) is 0 Å². The first-order valence-corrected chi connectivity index (χ1v) is 9.08. The lowest BCUT2D eigenvalue weighted by Crippen LogP contribution is -2.39. The molecule has 3 rings (SSSR count). The minimum absolute atomic E-state index is 0.346. The van der Waals surface area contributed by atoms with Gasteiger partial charge in [-0.25, -0.2) is 4.79 Å². The fourth-order valence-electron chi connectivity index (χ4n) is 3.18. The van der Waals surface area contributed by atoms with Gasteiger partial charge in [-0.1, -0.05) is 30.3 Å². The quantitative estimate of drug-likeness (QED) is 0.621. The van der Waals surface area contributed by atoms with Crippen LogP contribution in [0.5, 0.6) is 5.75 Å². The van der Waals surface area contributed by atoms with E-state index < -0.39 is 0 Å². The van der Waals surface area contributed by atoms with Crippen molar-refractivity contribution in [2.24, 2.45) is 0 Å². The Morgan fingerprint density at radius 1 is 1.11 bits per heavy atom. The molecule has 0 aliphatic carbocycles. The third-order valence-corrected chi connectivity index (χ3v) is 4.78. The Kier molecular flexibility index (Phi) is 6.27. The highest BCUT2D eigenvalue weighted by Crippen LogP contribution is 2.22. The molecule has 0 unspecified atom stereocenters. The average Bonchev–Trinajstić information content (AvgIpc) is 2.67. The standard InChI is InChI=1S/C22H26N2O3/c1-24(2)18(11-16-7-5-4-6-8-16)15-23-14-17-12-22(25)27-21-13-19(26-3)9-10-20(17)21/h4-10,12-13,18,23H,11,14-15H2,1-3H3/t18-/m0/s1. The summed E-state index contributed by atoms with van der Waals surface area (Å²) in [4.78, 5) is 14.1. The maximum atomic E-state index is 11.9. The number of rotatable bonds is 8. The lowest BCUT2D eigenvalue weighted by molar-refractivity contribution is 0.281. The van der Waals surface area contributed by atoms with E-state index in [0.29, 0.717) is 23.9 Å². The van der Waals surface area contributed by atoms with Gasteiger partial charge >= 0.3 is 5.63 Å². The van der Waals surface area contributed by atoms with Crippen LogP contribution in [0.25, 0.3) is 11.0 Å². The van der Waals surface area contributed by atoms with E-state index in [1.807, 2.05) is 18.2 Å². The molecule has 0 amide bonds. The first-order valence-electron chi connectivity index (χ1n) is 9.08. The number of fused-ring (bicyclic) bond motifs is 1. The van der Waals surface area contributed by atoms with Gasteiger partial charge in [0.25, 0.3) is 0 Å². The molecule has 0 bridgehead atoms. The van der Waals surface area contributed by atoms with Crippen molar-refractivity contribution in [3.8, 4) is 5.75 Å². The molecule has 2 aromatic carbocycles. The lowest BCUT2D eigenvalue weighted by atomic mass is 10.0. The fourth-order valence-corrected chi connectivity index (χ4v) is 3.18. The molecule has 5 nitrogen and oxygen atoms in total. The summed E-state index contributed by atoms with van der Waals surface area (Å²) in [6.45, 7) is 1.42. The van der Waals surface area contributed by atoms with Gasteiger partial charge in [0.2, 0.25) is 0 Å². The molecule has 27 heavy (non-hydrogen) atoms. The van der Waals surface area contributed by atoms with Crippen LogP contribution in [0.1, 0.15) is 11.1 Å². The molecule has 0 aliphatic heterocycles. The predicted octanol–water partition coefficient (Wildman–Crippen LogP) is 3.06. The van der Waals surface area contributed by atoms with Crippen molar-refractivity contribution >= 4 is 11.0 Å². The summed E-state index contributed by atoms with van der Waals surface area (Å²) in [5.41, 5.74) is 2.45. The topological polar surface area (TPSA) is 54.7 Å². The highest BCUT2D eigenvalue weighted by atomic mass is 16.5. The van der Waals surface area contributed by atoms with E-state index >= 15 is 0 Å². The normalized spacial score (nSPS) is 12.4. The van der Waals surface area contributed by atoms with Crippen LogP contribution in [-0.2, 0) is 13.0 Å². The zero-order valence-corrected chi connectivity index (χ0v) is 16.1. The molecule has 1 atom stereocenters. The maximum Gasteiger partial charge on any atom is 0.336 e. The SMILES string of the molecule is COc1ccc2c(CNC[C@H](Cc3ccccc3)N(C)C)cc(=O)oc2c1. The third-order valence-electron chi connectivity index (χ3n) is 4.78.